The van der Waals surface area contributed by atoms with Crippen LogP contribution >= 0.6 is 0 Å². The summed E-state index contributed by atoms with van der Waals surface area (Å²) in [5.74, 6) is 1.93. The van der Waals surface area contributed by atoms with E-state index < -0.39 is 0 Å². The lowest BCUT2D eigenvalue weighted by Crippen LogP contribution is -2.32. The standard InChI is InChI=1S/C15H27N3O2/c1-4-6-13(19-3)14-17-15(20-18-14)11-7-9-12(10-8-11)16-5-2/h11-13,16H,4-10H2,1-3H3. The Morgan fingerprint density at radius 1 is 1.30 bits per heavy atom. The summed E-state index contributed by atoms with van der Waals surface area (Å²) in [6.45, 7) is 5.34. The van der Waals surface area contributed by atoms with Gasteiger partial charge in [-0.1, -0.05) is 25.4 Å². The first-order chi connectivity index (χ1) is 9.78. The topological polar surface area (TPSA) is 60.2 Å². The number of ether oxygens (including phenoxy) is 1. The zero-order valence-electron chi connectivity index (χ0n) is 12.9. The van der Waals surface area contributed by atoms with Gasteiger partial charge < -0.3 is 14.6 Å². The molecule has 0 spiro atoms. The molecule has 5 nitrogen and oxygen atoms in total. The minimum absolute atomic E-state index is 0.0319. The summed E-state index contributed by atoms with van der Waals surface area (Å²) in [6, 6.07) is 0.658. The molecule has 1 aliphatic rings. The van der Waals surface area contributed by atoms with Crippen molar-refractivity contribution in [1.82, 2.24) is 15.5 Å². The van der Waals surface area contributed by atoms with Gasteiger partial charge in [-0.2, -0.15) is 4.98 Å². The Bertz CT molecular complexity index is 386. The lowest BCUT2D eigenvalue weighted by atomic mass is 9.86. The van der Waals surface area contributed by atoms with Gasteiger partial charge in [-0.25, -0.2) is 0 Å². The molecule has 0 saturated heterocycles. The van der Waals surface area contributed by atoms with Crippen molar-refractivity contribution in [2.24, 2.45) is 0 Å². The molecule has 0 aromatic carbocycles. The van der Waals surface area contributed by atoms with Crippen molar-refractivity contribution in [1.29, 1.82) is 0 Å². The van der Waals surface area contributed by atoms with E-state index in [2.05, 4.69) is 29.3 Å². The first-order valence-corrected chi connectivity index (χ1v) is 7.88. The van der Waals surface area contributed by atoms with Gasteiger partial charge in [0, 0.05) is 19.1 Å². The van der Waals surface area contributed by atoms with Crippen LogP contribution in [0.5, 0.6) is 0 Å². The van der Waals surface area contributed by atoms with Gasteiger partial charge in [0.05, 0.1) is 0 Å². The molecular formula is C15H27N3O2. The Labute approximate surface area is 121 Å². The van der Waals surface area contributed by atoms with Gasteiger partial charge in [0.1, 0.15) is 6.10 Å². The van der Waals surface area contributed by atoms with Gasteiger partial charge in [-0.05, 0) is 38.6 Å². The molecule has 0 radical (unpaired) electrons. The minimum atomic E-state index is -0.0319. The van der Waals surface area contributed by atoms with Crippen molar-refractivity contribution >= 4 is 0 Å². The van der Waals surface area contributed by atoms with Crippen LogP contribution in [0.1, 0.15) is 76.1 Å². The third kappa shape index (κ3) is 3.79. The molecule has 114 valence electrons. The average Bonchev–Trinajstić information content (AvgIpc) is 2.95. The highest BCUT2D eigenvalue weighted by Crippen LogP contribution is 2.32. The van der Waals surface area contributed by atoms with Gasteiger partial charge in [0.2, 0.25) is 11.7 Å². The van der Waals surface area contributed by atoms with Gasteiger partial charge in [-0.15, -0.1) is 0 Å². The highest BCUT2D eigenvalue weighted by molar-refractivity contribution is 4.99. The third-order valence-electron chi connectivity index (χ3n) is 4.15. The van der Waals surface area contributed by atoms with Crippen LogP contribution in [0.2, 0.25) is 0 Å². The molecule has 0 aliphatic heterocycles. The second-order valence-electron chi connectivity index (χ2n) is 5.61. The number of nitrogens with one attached hydrogen (secondary N) is 1. The number of aromatic nitrogens is 2. The van der Waals surface area contributed by atoms with Crippen LogP contribution in [0, 0.1) is 0 Å². The lowest BCUT2D eigenvalue weighted by Gasteiger charge is -2.26. The Kier molecular flexibility index (Phi) is 5.98. The van der Waals surface area contributed by atoms with Crippen molar-refractivity contribution in [2.75, 3.05) is 13.7 Å². The number of rotatable bonds is 7. The maximum absolute atomic E-state index is 5.47. The first kappa shape index (κ1) is 15.4. The molecule has 1 aromatic heterocycles. The summed E-state index contributed by atoms with van der Waals surface area (Å²) in [5, 5.41) is 7.63. The molecule has 1 atom stereocenters. The van der Waals surface area contributed by atoms with Crippen molar-refractivity contribution < 1.29 is 9.26 Å². The van der Waals surface area contributed by atoms with Gasteiger partial charge in [0.15, 0.2) is 0 Å². The molecule has 2 rings (SSSR count). The molecule has 20 heavy (non-hydrogen) atoms. The molecule has 0 bridgehead atoms. The molecule has 1 N–H and O–H groups in total. The van der Waals surface area contributed by atoms with Gasteiger partial charge in [0.25, 0.3) is 0 Å². The van der Waals surface area contributed by atoms with E-state index in [-0.39, 0.29) is 6.10 Å². The second-order valence-corrected chi connectivity index (χ2v) is 5.61. The molecule has 1 saturated carbocycles. The second kappa shape index (κ2) is 7.74. The largest absolute Gasteiger partial charge is 0.373 e. The predicted octanol–water partition coefficient (Wildman–Crippen LogP) is 3.19. The SMILES string of the molecule is CCCC(OC)c1noc(C2CCC(NCC)CC2)n1. The van der Waals surface area contributed by atoms with Crippen LogP contribution in [-0.2, 0) is 4.74 Å². The Balaban J connectivity index is 1.92. The lowest BCUT2D eigenvalue weighted by molar-refractivity contribution is 0.0854. The third-order valence-corrected chi connectivity index (χ3v) is 4.15. The molecule has 0 amide bonds. The predicted molar refractivity (Wildman–Crippen MR) is 77.6 cm³/mol. The van der Waals surface area contributed by atoms with Crippen molar-refractivity contribution in [2.45, 2.75) is 70.4 Å². The highest BCUT2D eigenvalue weighted by atomic mass is 16.5. The molecule has 1 fully saturated rings. The normalized spacial score (nSPS) is 24.8. The highest BCUT2D eigenvalue weighted by Gasteiger charge is 2.27. The number of hydrogen-bond donors (Lipinski definition) is 1. The maximum Gasteiger partial charge on any atom is 0.229 e. The zero-order valence-corrected chi connectivity index (χ0v) is 12.9. The summed E-state index contributed by atoms with van der Waals surface area (Å²) >= 11 is 0. The number of hydrogen-bond acceptors (Lipinski definition) is 5. The molecule has 1 unspecified atom stereocenters. The van der Waals surface area contributed by atoms with E-state index in [0.29, 0.717) is 17.8 Å². The Morgan fingerprint density at radius 3 is 2.65 bits per heavy atom. The molecular weight excluding hydrogens is 254 g/mol. The van der Waals surface area contributed by atoms with Crippen LogP contribution in [0.4, 0.5) is 0 Å². The summed E-state index contributed by atoms with van der Waals surface area (Å²) in [4.78, 5) is 4.57. The quantitative estimate of drug-likeness (QED) is 0.831. The summed E-state index contributed by atoms with van der Waals surface area (Å²) < 4.78 is 10.9. The summed E-state index contributed by atoms with van der Waals surface area (Å²) in [6.07, 6.45) is 6.60. The fourth-order valence-corrected chi connectivity index (χ4v) is 2.99. The van der Waals surface area contributed by atoms with Crippen molar-refractivity contribution in [3.8, 4) is 0 Å². The Morgan fingerprint density at radius 2 is 2.05 bits per heavy atom. The summed E-state index contributed by atoms with van der Waals surface area (Å²) in [7, 11) is 1.71. The molecule has 1 aromatic rings. The minimum Gasteiger partial charge on any atom is -0.373 e. The van der Waals surface area contributed by atoms with E-state index >= 15 is 0 Å². The van der Waals surface area contributed by atoms with Crippen LogP contribution in [0.25, 0.3) is 0 Å². The van der Waals surface area contributed by atoms with E-state index in [4.69, 9.17) is 9.26 Å². The van der Waals surface area contributed by atoms with Crippen LogP contribution < -0.4 is 5.32 Å². The van der Waals surface area contributed by atoms with Crippen LogP contribution in [0.15, 0.2) is 4.52 Å². The monoisotopic (exact) mass is 281 g/mol. The van der Waals surface area contributed by atoms with E-state index in [1.807, 2.05) is 0 Å². The maximum atomic E-state index is 5.47. The van der Waals surface area contributed by atoms with Gasteiger partial charge in [-0.3, -0.25) is 0 Å². The first-order valence-electron chi connectivity index (χ1n) is 7.88. The van der Waals surface area contributed by atoms with Crippen LogP contribution in [0.3, 0.4) is 0 Å². The van der Waals surface area contributed by atoms with E-state index in [9.17, 15) is 0 Å². The van der Waals surface area contributed by atoms with Gasteiger partial charge >= 0.3 is 0 Å². The fraction of sp³-hybridized carbons (Fsp3) is 0.867. The number of nitrogens with zero attached hydrogens (tertiary/aromatic N) is 2. The molecule has 1 aliphatic carbocycles. The fourth-order valence-electron chi connectivity index (χ4n) is 2.99. The van der Waals surface area contributed by atoms with Crippen molar-refractivity contribution in [3.05, 3.63) is 11.7 Å². The van der Waals surface area contributed by atoms with E-state index in [1.54, 1.807) is 7.11 Å². The van der Waals surface area contributed by atoms with Crippen LogP contribution in [-0.4, -0.2) is 29.8 Å². The van der Waals surface area contributed by atoms with Crippen molar-refractivity contribution in [3.63, 3.8) is 0 Å². The summed E-state index contributed by atoms with van der Waals surface area (Å²) in [5.41, 5.74) is 0. The van der Waals surface area contributed by atoms with E-state index in [1.165, 1.54) is 12.8 Å². The molecule has 5 heteroatoms. The zero-order chi connectivity index (χ0) is 14.4. The average molecular weight is 281 g/mol. The van der Waals surface area contributed by atoms with E-state index in [0.717, 1.165) is 38.1 Å². The smallest absolute Gasteiger partial charge is 0.229 e. The number of methoxy groups -OCH3 is 1. The molecule has 1 heterocycles. The Hall–Kier alpha value is -0.940.